The first-order valence-electron chi connectivity index (χ1n) is 5.87. The summed E-state index contributed by atoms with van der Waals surface area (Å²) < 4.78 is 5.35. The van der Waals surface area contributed by atoms with Gasteiger partial charge in [-0.2, -0.15) is 0 Å². The second kappa shape index (κ2) is 7.21. The van der Waals surface area contributed by atoms with Crippen molar-refractivity contribution in [2.24, 2.45) is 5.92 Å². The Balaban J connectivity index is 2.02. The van der Waals surface area contributed by atoms with E-state index < -0.39 is 0 Å². The van der Waals surface area contributed by atoms with E-state index in [0.717, 1.165) is 32.2 Å². The molecular formula is C11H24N2O. The third-order valence-corrected chi connectivity index (χ3v) is 2.81. The predicted molar refractivity (Wildman–Crippen MR) is 59.6 cm³/mol. The predicted octanol–water partition coefficient (Wildman–Crippen LogP) is 0.954. The first-order valence-corrected chi connectivity index (χ1v) is 5.87. The van der Waals surface area contributed by atoms with Gasteiger partial charge in [0.2, 0.25) is 0 Å². The van der Waals surface area contributed by atoms with E-state index in [1.165, 1.54) is 26.1 Å². The molecule has 1 rings (SSSR count). The molecule has 1 heterocycles. The summed E-state index contributed by atoms with van der Waals surface area (Å²) in [7, 11) is 0. The van der Waals surface area contributed by atoms with E-state index in [2.05, 4.69) is 24.1 Å². The summed E-state index contributed by atoms with van der Waals surface area (Å²) in [5.41, 5.74) is 0. The number of nitrogens with zero attached hydrogens (tertiary/aromatic N) is 1. The van der Waals surface area contributed by atoms with Crippen LogP contribution in [0, 0.1) is 5.92 Å². The van der Waals surface area contributed by atoms with Crippen molar-refractivity contribution in [1.82, 2.24) is 10.2 Å². The molecule has 1 fully saturated rings. The van der Waals surface area contributed by atoms with Gasteiger partial charge in [-0.25, -0.2) is 0 Å². The molecule has 1 atom stereocenters. The topological polar surface area (TPSA) is 24.5 Å². The Morgan fingerprint density at radius 3 is 3.00 bits per heavy atom. The lowest BCUT2D eigenvalue weighted by Crippen LogP contribution is -2.28. The maximum Gasteiger partial charge on any atom is 0.0593 e. The average molecular weight is 200 g/mol. The maximum absolute atomic E-state index is 5.35. The highest BCUT2D eigenvalue weighted by Gasteiger charge is 2.21. The minimum atomic E-state index is 0.842. The maximum atomic E-state index is 5.35. The number of ether oxygens (including phenoxy) is 1. The average Bonchev–Trinajstić information content (AvgIpc) is 2.63. The Hall–Kier alpha value is -0.120. The molecule has 1 unspecified atom stereocenters. The zero-order valence-corrected chi connectivity index (χ0v) is 9.59. The number of rotatable bonds is 7. The Morgan fingerprint density at radius 2 is 2.29 bits per heavy atom. The van der Waals surface area contributed by atoms with Gasteiger partial charge in [0.25, 0.3) is 0 Å². The molecule has 1 aliphatic heterocycles. The van der Waals surface area contributed by atoms with Crippen molar-refractivity contribution in [3.63, 3.8) is 0 Å². The fraction of sp³-hybridized carbons (Fsp3) is 1.00. The molecule has 0 aromatic carbocycles. The van der Waals surface area contributed by atoms with Crippen LogP contribution in [-0.4, -0.2) is 50.8 Å². The van der Waals surface area contributed by atoms with Crippen molar-refractivity contribution in [1.29, 1.82) is 0 Å². The van der Waals surface area contributed by atoms with E-state index in [0.29, 0.717) is 0 Å². The highest BCUT2D eigenvalue weighted by molar-refractivity contribution is 4.76. The van der Waals surface area contributed by atoms with Crippen LogP contribution >= 0.6 is 0 Å². The SMILES string of the molecule is CCNCC1CCN(CCOCC)C1. The quantitative estimate of drug-likeness (QED) is 0.619. The van der Waals surface area contributed by atoms with Crippen LogP contribution in [0.1, 0.15) is 20.3 Å². The zero-order valence-electron chi connectivity index (χ0n) is 9.59. The van der Waals surface area contributed by atoms with Crippen molar-refractivity contribution >= 4 is 0 Å². The van der Waals surface area contributed by atoms with Crippen LogP contribution in [0.2, 0.25) is 0 Å². The van der Waals surface area contributed by atoms with Gasteiger partial charge in [0, 0.05) is 19.7 Å². The molecule has 0 aromatic rings. The fourth-order valence-corrected chi connectivity index (χ4v) is 1.97. The first kappa shape index (κ1) is 12.0. The van der Waals surface area contributed by atoms with E-state index in [1.54, 1.807) is 0 Å². The van der Waals surface area contributed by atoms with Gasteiger partial charge in [-0.1, -0.05) is 6.92 Å². The smallest absolute Gasteiger partial charge is 0.0593 e. The van der Waals surface area contributed by atoms with Crippen molar-refractivity contribution < 1.29 is 4.74 Å². The van der Waals surface area contributed by atoms with Crippen LogP contribution in [0.25, 0.3) is 0 Å². The summed E-state index contributed by atoms with van der Waals surface area (Å²) in [6.45, 7) is 11.8. The van der Waals surface area contributed by atoms with E-state index in [4.69, 9.17) is 4.74 Å². The zero-order chi connectivity index (χ0) is 10.2. The van der Waals surface area contributed by atoms with Crippen LogP contribution in [0.4, 0.5) is 0 Å². The second-order valence-electron chi connectivity index (χ2n) is 3.96. The summed E-state index contributed by atoms with van der Waals surface area (Å²) in [5, 5.41) is 3.42. The third-order valence-electron chi connectivity index (χ3n) is 2.81. The lowest BCUT2D eigenvalue weighted by Gasteiger charge is -2.15. The normalized spacial score (nSPS) is 23.1. The molecule has 1 N–H and O–H groups in total. The molecule has 0 spiro atoms. The Kier molecular flexibility index (Phi) is 6.15. The van der Waals surface area contributed by atoms with Crippen LogP contribution < -0.4 is 5.32 Å². The molecular weight excluding hydrogens is 176 g/mol. The minimum absolute atomic E-state index is 0.842. The van der Waals surface area contributed by atoms with E-state index >= 15 is 0 Å². The van der Waals surface area contributed by atoms with Gasteiger partial charge in [-0.15, -0.1) is 0 Å². The molecule has 14 heavy (non-hydrogen) atoms. The molecule has 3 heteroatoms. The van der Waals surface area contributed by atoms with Gasteiger partial charge >= 0.3 is 0 Å². The molecule has 0 amide bonds. The molecule has 0 saturated carbocycles. The lowest BCUT2D eigenvalue weighted by atomic mass is 10.1. The molecule has 84 valence electrons. The van der Waals surface area contributed by atoms with E-state index in [-0.39, 0.29) is 0 Å². The second-order valence-corrected chi connectivity index (χ2v) is 3.96. The van der Waals surface area contributed by atoms with E-state index in [9.17, 15) is 0 Å². The third kappa shape index (κ3) is 4.40. The van der Waals surface area contributed by atoms with Gasteiger partial charge < -0.3 is 15.0 Å². The number of likely N-dealkylation sites (tertiary alicyclic amines) is 1. The molecule has 0 bridgehead atoms. The highest BCUT2D eigenvalue weighted by atomic mass is 16.5. The molecule has 1 saturated heterocycles. The van der Waals surface area contributed by atoms with Crippen LogP contribution in [0.3, 0.4) is 0 Å². The largest absolute Gasteiger partial charge is 0.380 e. The van der Waals surface area contributed by atoms with Crippen LogP contribution in [-0.2, 0) is 4.74 Å². The Morgan fingerprint density at radius 1 is 1.43 bits per heavy atom. The number of hydrogen-bond donors (Lipinski definition) is 1. The van der Waals surface area contributed by atoms with Crippen LogP contribution in [0.5, 0.6) is 0 Å². The van der Waals surface area contributed by atoms with Gasteiger partial charge in [0.05, 0.1) is 6.61 Å². The standard InChI is InChI=1S/C11H24N2O/c1-3-12-9-11-5-6-13(10-11)7-8-14-4-2/h11-12H,3-10H2,1-2H3. The highest BCUT2D eigenvalue weighted by Crippen LogP contribution is 2.14. The molecule has 0 aromatic heterocycles. The van der Waals surface area contributed by atoms with Crippen LogP contribution in [0.15, 0.2) is 0 Å². The van der Waals surface area contributed by atoms with Crippen molar-refractivity contribution in [3.8, 4) is 0 Å². The summed E-state index contributed by atoms with van der Waals surface area (Å²) in [6, 6.07) is 0. The van der Waals surface area contributed by atoms with Gasteiger partial charge in [-0.3, -0.25) is 0 Å². The Bertz CT molecular complexity index is 141. The molecule has 1 aliphatic rings. The summed E-state index contributed by atoms with van der Waals surface area (Å²) in [5.74, 6) is 0.858. The van der Waals surface area contributed by atoms with Gasteiger partial charge in [0.1, 0.15) is 0 Å². The summed E-state index contributed by atoms with van der Waals surface area (Å²) >= 11 is 0. The van der Waals surface area contributed by atoms with Crippen molar-refractivity contribution in [2.75, 3.05) is 45.9 Å². The lowest BCUT2D eigenvalue weighted by molar-refractivity contribution is 0.120. The Labute approximate surface area is 87.8 Å². The summed E-state index contributed by atoms with van der Waals surface area (Å²) in [4.78, 5) is 2.51. The monoisotopic (exact) mass is 200 g/mol. The molecule has 0 aliphatic carbocycles. The summed E-state index contributed by atoms with van der Waals surface area (Å²) in [6.07, 6.45) is 1.35. The van der Waals surface area contributed by atoms with Gasteiger partial charge in [0.15, 0.2) is 0 Å². The minimum Gasteiger partial charge on any atom is -0.380 e. The fourth-order valence-electron chi connectivity index (χ4n) is 1.97. The molecule has 0 radical (unpaired) electrons. The number of hydrogen-bond acceptors (Lipinski definition) is 3. The molecule has 3 nitrogen and oxygen atoms in total. The van der Waals surface area contributed by atoms with E-state index in [1.807, 2.05) is 0 Å². The van der Waals surface area contributed by atoms with Gasteiger partial charge in [-0.05, 0) is 38.9 Å². The number of nitrogens with one attached hydrogen (secondary N) is 1. The van der Waals surface area contributed by atoms with Crippen molar-refractivity contribution in [3.05, 3.63) is 0 Å². The van der Waals surface area contributed by atoms with Crippen molar-refractivity contribution in [2.45, 2.75) is 20.3 Å². The first-order chi connectivity index (χ1) is 6.86.